The van der Waals surface area contributed by atoms with Gasteiger partial charge in [-0.3, -0.25) is 4.79 Å². The van der Waals surface area contributed by atoms with Crippen molar-refractivity contribution in [3.05, 3.63) is 60.2 Å². The zero-order valence-corrected chi connectivity index (χ0v) is 20.3. The van der Waals surface area contributed by atoms with Gasteiger partial charge in [0.1, 0.15) is 11.0 Å². The van der Waals surface area contributed by atoms with Gasteiger partial charge in [-0.1, -0.05) is 76.6 Å². The van der Waals surface area contributed by atoms with Crippen LogP contribution in [-0.2, 0) is 16.0 Å². The molecule has 1 aromatic heterocycles. The van der Waals surface area contributed by atoms with E-state index in [2.05, 4.69) is 37.9 Å². The maximum absolute atomic E-state index is 12.3. The number of esters is 1. The number of hydrogen-bond acceptors (Lipinski definition) is 5. The summed E-state index contributed by atoms with van der Waals surface area (Å²) < 4.78 is 5.54. The molecule has 178 valence electrons. The number of aromatic nitrogens is 3. The lowest BCUT2D eigenvalue weighted by atomic mass is 9.73. The molecule has 33 heavy (non-hydrogen) atoms. The molecule has 1 heterocycles. The first-order valence-electron chi connectivity index (χ1n) is 12.0. The lowest BCUT2D eigenvalue weighted by molar-refractivity contribution is -0.145. The maximum atomic E-state index is 12.3. The van der Waals surface area contributed by atoms with E-state index in [4.69, 9.17) is 4.74 Å². The first-order valence-corrected chi connectivity index (χ1v) is 12.0. The molecule has 3 atom stereocenters. The number of aryl methyl sites for hydroxylation is 1. The molecule has 6 heteroatoms. The third-order valence-electron chi connectivity index (χ3n) is 6.25. The summed E-state index contributed by atoms with van der Waals surface area (Å²) in [4.78, 5) is 13.9. The average Bonchev–Trinajstić information content (AvgIpc) is 3.22. The summed E-state index contributed by atoms with van der Waals surface area (Å²) in [6.07, 6.45) is 2.63. The van der Waals surface area contributed by atoms with Crippen LogP contribution in [0.15, 0.2) is 54.6 Å². The predicted molar refractivity (Wildman–Crippen MR) is 131 cm³/mol. The van der Waals surface area contributed by atoms with Crippen LogP contribution >= 0.6 is 0 Å². The van der Waals surface area contributed by atoms with Gasteiger partial charge in [0.05, 0.1) is 18.8 Å². The molecule has 0 radical (unpaired) electrons. The van der Waals surface area contributed by atoms with E-state index in [-0.39, 0.29) is 23.3 Å². The molecule has 3 unspecified atom stereocenters. The summed E-state index contributed by atoms with van der Waals surface area (Å²) in [5.41, 5.74) is 2.60. The van der Waals surface area contributed by atoms with Gasteiger partial charge in [0.2, 0.25) is 0 Å². The van der Waals surface area contributed by atoms with E-state index in [9.17, 15) is 9.90 Å². The number of fused-ring (bicyclic) bond motifs is 1. The second-order valence-electron chi connectivity index (χ2n) is 9.82. The highest BCUT2D eigenvalue weighted by atomic mass is 16.5. The van der Waals surface area contributed by atoms with Crippen LogP contribution in [0.5, 0.6) is 0 Å². The second kappa shape index (κ2) is 11.4. The first-order chi connectivity index (χ1) is 15.8. The number of ether oxygens (including phenoxy) is 1. The number of aliphatic hydroxyl groups excluding tert-OH is 1. The van der Waals surface area contributed by atoms with Crippen molar-refractivity contribution in [1.82, 2.24) is 15.0 Å². The van der Waals surface area contributed by atoms with Gasteiger partial charge in [-0.25, -0.2) is 0 Å². The highest BCUT2D eigenvalue weighted by Crippen LogP contribution is 2.37. The van der Waals surface area contributed by atoms with Crippen LogP contribution in [0.1, 0.15) is 65.0 Å². The van der Waals surface area contributed by atoms with E-state index >= 15 is 0 Å². The van der Waals surface area contributed by atoms with Crippen molar-refractivity contribution in [2.45, 2.75) is 71.9 Å². The Balaban J connectivity index is 1.64. The molecule has 0 saturated heterocycles. The van der Waals surface area contributed by atoms with Crippen LogP contribution in [0, 0.1) is 11.3 Å². The minimum atomic E-state index is -0.658. The molecule has 3 rings (SSSR count). The number of benzene rings is 2. The van der Waals surface area contributed by atoms with E-state index in [1.165, 1.54) is 0 Å². The predicted octanol–water partition coefficient (Wildman–Crippen LogP) is 5.36. The molecular weight excluding hydrogens is 414 g/mol. The number of rotatable bonds is 11. The SMILES string of the molecule is CCCC(C(O)C(CCOC(=O)CCc1ccccc1)C(C)(C)C)n1nc2ccccc2n1. The molecule has 1 N–H and O–H groups in total. The van der Waals surface area contributed by atoms with Crippen molar-refractivity contribution in [2.24, 2.45) is 11.3 Å². The third kappa shape index (κ3) is 6.87. The van der Waals surface area contributed by atoms with Gasteiger partial charge in [-0.2, -0.15) is 15.0 Å². The van der Waals surface area contributed by atoms with Crippen LogP contribution in [0.2, 0.25) is 0 Å². The second-order valence-corrected chi connectivity index (χ2v) is 9.82. The molecule has 0 aliphatic carbocycles. The van der Waals surface area contributed by atoms with Gasteiger partial charge in [0, 0.05) is 6.42 Å². The van der Waals surface area contributed by atoms with Crippen molar-refractivity contribution >= 4 is 17.0 Å². The molecular formula is C27H37N3O3. The fourth-order valence-electron chi connectivity index (χ4n) is 4.39. The van der Waals surface area contributed by atoms with Gasteiger partial charge in [0.15, 0.2) is 0 Å². The highest BCUT2D eigenvalue weighted by molar-refractivity contribution is 5.73. The number of aliphatic hydroxyl groups is 1. The van der Waals surface area contributed by atoms with Crippen molar-refractivity contribution in [2.75, 3.05) is 6.61 Å². The number of carbonyl (C=O) groups excluding carboxylic acids is 1. The van der Waals surface area contributed by atoms with E-state index in [0.717, 1.165) is 29.4 Å². The first kappa shape index (κ1) is 24.9. The molecule has 2 aromatic carbocycles. The summed E-state index contributed by atoms with van der Waals surface area (Å²) in [6, 6.07) is 17.5. The Kier molecular flexibility index (Phi) is 8.61. The molecule has 6 nitrogen and oxygen atoms in total. The maximum Gasteiger partial charge on any atom is 0.306 e. The number of carbonyl (C=O) groups is 1. The van der Waals surface area contributed by atoms with E-state index < -0.39 is 6.10 Å². The minimum Gasteiger partial charge on any atom is -0.466 e. The largest absolute Gasteiger partial charge is 0.466 e. The zero-order valence-electron chi connectivity index (χ0n) is 20.3. The lowest BCUT2D eigenvalue weighted by Crippen LogP contribution is -2.40. The molecule has 0 aliphatic heterocycles. The summed E-state index contributed by atoms with van der Waals surface area (Å²) >= 11 is 0. The highest BCUT2D eigenvalue weighted by Gasteiger charge is 2.37. The Bertz CT molecular complexity index is 977. The van der Waals surface area contributed by atoms with Gasteiger partial charge < -0.3 is 9.84 Å². The zero-order chi connectivity index (χ0) is 23.8. The van der Waals surface area contributed by atoms with Crippen molar-refractivity contribution in [1.29, 1.82) is 0 Å². The Morgan fingerprint density at radius 1 is 1.00 bits per heavy atom. The Morgan fingerprint density at radius 3 is 2.18 bits per heavy atom. The quantitative estimate of drug-likeness (QED) is 0.397. The van der Waals surface area contributed by atoms with Crippen LogP contribution in [0.25, 0.3) is 11.0 Å². The lowest BCUT2D eigenvalue weighted by Gasteiger charge is -2.37. The molecule has 3 aromatic rings. The summed E-state index contributed by atoms with van der Waals surface area (Å²) in [6.45, 7) is 8.75. The molecule has 0 amide bonds. The van der Waals surface area contributed by atoms with Crippen LogP contribution in [0.3, 0.4) is 0 Å². The van der Waals surface area contributed by atoms with Crippen molar-refractivity contribution in [3.8, 4) is 0 Å². The third-order valence-corrected chi connectivity index (χ3v) is 6.25. The molecule has 0 spiro atoms. The fourth-order valence-corrected chi connectivity index (χ4v) is 4.39. The summed E-state index contributed by atoms with van der Waals surface area (Å²) in [7, 11) is 0. The average molecular weight is 452 g/mol. The van der Waals surface area contributed by atoms with Gasteiger partial charge in [-0.15, -0.1) is 0 Å². The monoisotopic (exact) mass is 451 g/mol. The summed E-state index contributed by atoms with van der Waals surface area (Å²) in [5, 5.41) is 20.8. The Labute approximate surface area is 197 Å². The van der Waals surface area contributed by atoms with Crippen molar-refractivity contribution in [3.63, 3.8) is 0 Å². The topological polar surface area (TPSA) is 77.2 Å². The van der Waals surface area contributed by atoms with Crippen molar-refractivity contribution < 1.29 is 14.6 Å². The van der Waals surface area contributed by atoms with Gasteiger partial charge >= 0.3 is 5.97 Å². The van der Waals surface area contributed by atoms with E-state index in [1.54, 1.807) is 4.80 Å². The van der Waals surface area contributed by atoms with Gasteiger partial charge in [0.25, 0.3) is 0 Å². The summed E-state index contributed by atoms with van der Waals surface area (Å²) in [5.74, 6) is -0.281. The minimum absolute atomic E-state index is 0.0786. The van der Waals surface area contributed by atoms with E-state index in [0.29, 0.717) is 25.9 Å². The standard InChI is InChI=1S/C27H37N3O3/c1-5-11-24(30-28-22-14-9-10-15-23(22)29-30)26(32)21(27(2,3)4)18-19-33-25(31)17-16-20-12-7-6-8-13-20/h6-10,12-15,21,24,26,32H,5,11,16-19H2,1-4H3. The van der Waals surface area contributed by atoms with Crippen LogP contribution in [0.4, 0.5) is 0 Å². The normalized spacial score (nSPS) is 14.7. The fraction of sp³-hybridized carbons (Fsp3) is 0.519. The Morgan fingerprint density at radius 2 is 1.61 bits per heavy atom. The Hall–Kier alpha value is -2.73. The number of hydrogen-bond donors (Lipinski definition) is 1. The van der Waals surface area contributed by atoms with E-state index in [1.807, 2.05) is 54.6 Å². The smallest absolute Gasteiger partial charge is 0.306 e. The molecule has 0 bridgehead atoms. The van der Waals surface area contributed by atoms with Gasteiger partial charge in [-0.05, 0) is 48.3 Å². The molecule has 0 saturated carbocycles. The van der Waals surface area contributed by atoms with Crippen LogP contribution < -0.4 is 0 Å². The van der Waals surface area contributed by atoms with Crippen LogP contribution in [-0.4, -0.2) is 38.8 Å². The molecule has 0 aliphatic rings. The number of nitrogens with zero attached hydrogens (tertiary/aromatic N) is 3. The molecule has 0 fully saturated rings.